The fourth-order valence-corrected chi connectivity index (χ4v) is 2.95. The highest BCUT2D eigenvalue weighted by Crippen LogP contribution is 2.44. The van der Waals surface area contributed by atoms with Gasteiger partial charge in [-0.15, -0.1) is 5.10 Å². The lowest BCUT2D eigenvalue weighted by atomic mass is 10.1. The Hall–Kier alpha value is -1.24. The topological polar surface area (TPSA) is 105 Å². The van der Waals surface area contributed by atoms with Crippen LogP contribution in [0.3, 0.4) is 0 Å². The number of rotatable bonds is 3. The van der Waals surface area contributed by atoms with E-state index in [1.54, 1.807) is 0 Å². The molecule has 1 fully saturated rings. The Kier molecular flexibility index (Phi) is 2.56. The van der Waals surface area contributed by atoms with E-state index < -0.39 is 10.7 Å². The molecule has 0 saturated heterocycles. The van der Waals surface area contributed by atoms with Crippen molar-refractivity contribution in [3.63, 3.8) is 0 Å². The number of hydrogen-bond acceptors (Lipinski definition) is 5. The third-order valence-corrected chi connectivity index (χ3v) is 3.91. The number of anilines is 1. The molecule has 0 aliphatic heterocycles. The molecule has 1 aliphatic carbocycles. The van der Waals surface area contributed by atoms with Crippen LogP contribution in [0.1, 0.15) is 25.7 Å². The number of H-pyrrole nitrogens is 1. The molecule has 6 nitrogen and oxygen atoms in total. The van der Waals surface area contributed by atoms with E-state index in [1.807, 2.05) is 0 Å². The van der Waals surface area contributed by atoms with Gasteiger partial charge >= 0.3 is 5.97 Å². The van der Waals surface area contributed by atoms with Crippen molar-refractivity contribution in [3.8, 4) is 0 Å². The van der Waals surface area contributed by atoms with E-state index in [0.29, 0.717) is 18.0 Å². The second-order valence-electron chi connectivity index (χ2n) is 3.61. The third kappa shape index (κ3) is 1.92. The van der Waals surface area contributed by atoms with Crippen LogP contribution < -0.4 is 5.73 Å². The smallest absolute Gasteiger partial charge is 0.320 e. The van der Waals surface area contributed by atoms with E-state index in [1.165, 1.54) is 11.8 Å². The largest absolute Gasteiger partial charge is 0.480 e. The van der Waals surface area contributed by atoms with Crippen LogP contribution in [0.4, 0.5) is 5.95 Å². The highest BCUT2D eigenvalue weighted by atomic mass is 32.2. The van der Waals surface area contributed by atoms with Crippen LogP contribution >= 0.6 is 11.8 Å². The lowest BCUT2D eigenvalue weighted by Crippen LogP contribution is -2.31. The number of carbonyl (C=O) groups is 1. The van der Waals surface area contributed by atoms with Crippen molar-refractivity contribution in [2.24, 2.45) is 0 Å². The molecule has 0 unspecified atom stereocenters. The molecule has 1 heterocycles. The summed E-state index contributed by atoms with van der Waals surface area (Å²) in [4.78, 5) is 15.1. The summed E-state index contributed by atoms with van der Waals surface area (Å²) in [7, 11) is 0. The summed E-state index contributed by atoms with van der Waals surface area (Å²) in [6.07, 6.45) is 3.22. The summed E-state index contributed by atoms with van der Waals surface area (Å²) in [5.74, 6) is -0.565. The number of thioether (sulfide) groups is 1. The molecule has 82 valence electrons. The minimum absolute atomic E-state index is 0.219. The maximum Gasteiger partial charge on any atom is 0.320 e. The average molecular weight is 228 g/mol. The average Bonchev–Trinajstić information content (AvgIpc) is 2.77. The van der Waals surface area contributed by atoms with Crippen LogP contribution in [0.2, 0.25) is 0 Å². The van der Waals surface area contributed by atoms with Gasteiger partial charge in [-0.05, 0) is 12.8 Å². The van der Waals surface area contributed by atoms with E-state index in [2.05, 4.69) is 15.2 Å². The second kappa shape index (κ2) is 3.73. The third-order valence-electron chi connectivity index (χ3n) is 2.57. The van der Waals surface area contributed by atoms with Crippen molar-refractivity contribution >= 4 is 23.7 Å². The van der Waals surface area contributed by atoms with Gasteiger partial charge in [0.25, 0.3) is 0 Å². The first kappa shape index (κ1) is 10.3. The number of aliphatic carboxylic acids is 1. The van der Waals surface area contributed by atoms with E-state index in [9.17, 15) is 9.90 Å². The van der Waals surface area contributed by atoms with E-state index in [-0.39, 0.29) is 5.95 Å². The molecular formula is C8H12N4O2S. The van der Waals surface area contributed by atoms with Crippen molar-refractivity contribution in [1.29, 1.82) is 0 Å². The fourth-order valence-electron chi connectivity index (χ4n) is 1.78. The molecule has 4 N–H and O–H groups in total. The van der Waals surface area contributed by atoms with Gasteiger partial charge in [0.2, 0.25) is 11.1 Å². The minimum atomic E-state index is -0.784. The van der Waals surface area contributed by atoms with Gasteiger partial charge in [-0.2, -0.15) is 4.98 Å². The van der Waals surface area contributed by atoms with E-state index >= 15 is 0 Å². The first-order chi connectivity index (χ1) is 7.12. The molecule has 0 amide bonds. The van der Waals surface area contributed by atoms with E-state index in [4.69, 9.17) is 5.73 Å². The Morgan fingerprint density at radius 2 is 2.20 bits per heavy atom. The predicted octanol–water partition coefficient (Wildman–Crippen LogP) is 0.876. The first-order valence-corrected chi connectivity index (χ1v) is 5.54. The van der Waals surface area contributed by atoms with Crippen molar-refractivity contribution < 1.29 is 9.90 Å². The molecular weight excluding hydrogens is 216 g/mol. The van der Waals surface area contributed by atoms with Gasteiger partial charge in [0.05, 0.1) is 0 Å². The van der Waals surface area contributed by atoms with Crippen LogP contribution in [-0.4, -0.2) is 31.0 Å². The zero-order valence-electron chi connectivity index (χ0n) is 8.06. The standard InChI is InChI=1S/C8H12N4O2S/c9-6-10-7(12-11-6)15-8(5(13)14)3-1-2-4-8/h1-4H2,(H,13,14)(H3,9,10,11,12). The van der Waals surface area contributed by atoms with Crippen molar-refractivity contribution in [2.75, 3.05) is 5.73 Å². The van der Waals surface area contributed by atoms with Crippen LogP contribution in [0.25, 0.3) is 0 Å². The monoisotopic (exact) mass is 228 g/mol. The Balaban J connectivity index is 2.17. The molecule has 2 rings (SSSR count). The quantitative estimate of drug-likeness (QED) is 0.709. The Bertz CT molecular complexity index is 372. The molecule has 7 heteroatoms. The Morgan fingerprint density at radius 1 is 1.53 bits per heavy atom. The highest BCUT2D eigenvalue weighted by Gasteiger charge is 2.43. The zero-order valence-corrected chi connectivity index (χ0v) is 8.88. The molecule has 15 heavy (non-hydrogen) atoms. The maximum atomic E-state index is 11.2. The summed E-state index contributed by atoms with van der Waals surface area (Å²) in [5.41, 5.74) is 5.38. The number of aromatic nitrogens is 3. The minimum Gasteiger partial charge on any atom is -0.480 e. The molecule has 1 aromatic rings. The van der Waals surface area contributed by atoms with Gasteiger partial charge in [-0.25, -0.2) is 5.10 Å². The molecule has 0 radical (unpaired) electrons. The number of nitrogens with two attached hydrogens (primary N) is 1. The number of nitrogens with zero attached hydrogens (tertiary/aromatic N) is 2. The number of carboxylic acid groups (broad SMARTS) is 1. The second-order valence-corrected chi connectivity index (χ2v) is 4.96. The number of nitrogen functional groups attached to an aromatic ring is 1. The molecule has 0 atom stereocenters. The number of carboxylic acids is 1. The fraction of sp³-hybridized carbons (Fsp3) is 0.625. The van der Waals surface area contributed by atoms with Crippen LogP contribution in [-0.2, 0) is 4.79 Å². The number of nitrogens with one attached hydrogen (secondary N) is 1. The molecule has 0 aromatic carbocycles. The van der Waals surface area contributed by atoms with Gasteiger partial charge in [-0.1, -0.05) is 24.6 Å². The van der Waals surface area contributed by atoms with Gasteiger partial charge < -0.3 is 10.8 Å². The Labute approximate surface area is 90.7 Å². The summed E-state index contributed by atoms with van der Waals surface area (Å²) < 4.78 is -0.755. The normalized spacial score (nSPS) is 19.2. The molecule has 1 aromatic heterocycles. The van der Waals surface area contributed by atoms with E-state index in [0.717, 1.165) is 12.8 Å². The lowest BCUT2D eigenvalue weighted by molar-refractivity contribution is -0.139. The summed E-state index contributed by atoms with van der Waals surface area (Å²) >= 11 is 1.19. The van der Waals surface area contributed by atoms with Gasteiger partial charge in [0.15, 0.2) is 0 Å². The van der Waals surface area contributed by atoms with Crippen molar-refractivity contribution in [1.82, 2.24) is 15.2 Å². The molecule has 0 bridgehead atoms. The van der Waals surface area contributed by atoms with Gasteiger partial charge in [0, 0.05) is 0 Å². The van der Waals surface area contributed by atoms with Crippen LogP contribution in [0.15, 0.2) is 5.16 Å². The molecule has 0 spiro atoms. The summed E-state index contributed by atoms with van der Waals surface area (Å²) in [6.45, 7) is 0. The van der Waals surface area contributed by atoms with Crippen LogP contribution in [0, 0.1) is 0 Å². The van der Waals surface area contributed by atoms with Crippen molar-refractivity contribution in [3.05, 3.63) is 0 Å². The first-order valence-electron chi connectivity index (χ1n) is 4.73. The number of hydrogen-bond donors (Lipinski definition) is 3. The maximum absolute atomic E-state index is 11.2. The highest BCUT2D eigenvalue weighted by molar-refractivity contribution is 8.01. The zero-order chi connectivity index (χ0) is 10.9. The Morgan fingerprint density at radius 3 is 2.67 bits per heavy atom. The summed E-state index contributed by atoms with van der Waals surface area (Å²) in [6, 6.07) is 0. The summed E-state index contributed by atoms with van der Waals surface area (Å²) in [5, 5.41) is 16.0. The SMILES string of the molecule is Nc1nc(SC2(C(=O)O)CCCC2)n[nH]1. The van der Waals surface area contributed by atoms with Gasteiger partial charge in [0.1, 0.15) is 4.75 Å². The van der Waals surface area contributed by atoms with Crippen LogP contribution in [0.5, 0.6) is 0 Å². The molecule has 1 saturated carbocycles. The van der Waals surface area contributed by atoms with Gasteiger partial charge in [-0.3, -0.25) is 4.79 Å². The van der Waals surface area contributed by atoms with Crippen molar-refractivity contribution in [2.45, 2.75) is 35.6 Å². The number of aromatic amines is 1. The molecule has 1 aliphatic rings. The lowest BCUT2D eigenvalue weighted by Gasteiger charge is -2.20. The predicted molar refractivity (Wildman–Crippen MR) is 55.5 cm³/mol.